The number of nitrogens with two attached hydrogens (primary N) is 1. The number of imidazole rings is 1. The number of rotatable bonds is 2. The Morgan fingerprint density at radius 3 is 2.45 bits per heavy atom. The van der Waals surface area contributed by atoms with E-state index in [0.717, 1.165) is 0 Å². The van der Waals surface area contributed by atoms with Gasteiger partial charge in [0, 0.05) is 30.9 Å². The van der Waals surface area contributed by atoms with Crippen molar-refractivity contribution in [2.45, 2.75) is 53.6 Å². The van der Waals surface area contributed by atoms with Gasteiger partial charge in [-0.05, 0) is 27.7 Å². The molecule has 3 aromatic heterocycles. The van der Waals surface area contributed by atoms with Gasteiger partial charge in [0.05, 0.1) is 11.9 Å². The Bertz CT molecular complexity index is 1120. The Labute approximate surface area is 167 Å². The zero-order valence-electron chi connectivity index (χ0n) is 16.1. The quantitative estimate of drug-likeness (QED) is 0.678. The molecular formula is C19H26FN7O2. The fraction of sp³-hybridized carbons (Fsp3) is 0.421. The predicted molar refractivity (Wildman–Crippen MR) is 112 cm³/mol. The molecule has 4 heterocycles. The molecule has 0 saturated carbocycles. The molecule has 9 nitrogen and oxygen atoms in total. The van der Waals surface area contributed by atoms with E-state index >= 15 is 0 Å². The zero-order chi connectivity index (χ0) is 20.6. The normalized spacial score (nSPS) is 12.7. The first-order valence-electron chi connectivity index (χ1n) is 8.89. The molecule has 0 aromatic carbocycles. The molecule has 0 saturated heterocycles. The van der Waals surface area contributed by atoms with Crippen LogP contribution in [0.25, 0.3) is 11.2 Å². The number of hydrogen-bond donors (Lipinski definition) is 2. The van der Waals surface area contributed by atoms with Crippen molar-refractivity contribution in [1.29, 1.82) is 0 Å². The van der Waals surface area contributed by atoms with Crippen LogP contribution in [0.5, 0.6) is 0 Å². The molecule has 0 unspecified atom stereocenters. The number of anilines is 1. The van der Waals surface area contributed by atoms with E-state index in [1.807, 2.05) is 27.7 Å². The van der Waals surface area contributed by atoms with E-state index in [1.54, 1.807) is 15.5 Å². The number of aromatic amines is 1. The second-order valence-corrected chi connectivity index (χ2v) is 6.98. The summed E-state index contributed by atoms with van der Waals surface area (Å²) in [7, 11) is 0. The highest BCUT2D eigenvalue weighted by Crippen LogP contribution is 2.30. The van der Waals surface area contributed by atoms with Gasteiger partial charge in [-0.15, -0.1) is 0 Å². The monoisotopic (exact) mass is 403 g/mol. The standard InChI is InChI=1S/C10H11FN2O.C8H11N5O.CH4/c1-6(2)13-5-7(11)9-8(14)3-4-12-10(9)13;1-4(2)13-3-10-5-6(13)11-8(9)12-7(5)14;/h4-6H,3H2,1-2H3;3-4H,1-2H3,(H3,9,11,12,14);1H4. The van der Waals surface area contributed by atoms with Gasteiger partial charge in [0.2, 0.25) is 5.95 Å². The van der Waals surface area contributed by atoms with Crippen LogP contribution in [-0.4, -0.2) is 36.1 Å². The minimum absolute atomic E-state index is 0. The Morgan fingerprint density at radius 1 is 1.17 bits per heavy atom. The minimum atomic E-state index is -0.462. The van der Waals surface area contributed by atoms with E-state index in [9.17, 15) is 14.0 Å². The van der Waals surface area contributed by atoms with Gasteiger partial charge in [-0.1, -0.05) is 7.43 Å². The van der Waals surface area contributed by atoms with Crippen LogP contribution in [0.4, 0.5) is 16.2 Å². The van der Waals surface area contributed by atoms with Crippen LogP contribution in [0, 0.1) is 5.82 Å². The molecule has 1 aliphatic heterocycles. The van der Waals surface area contributed by atoms with Crippen molar-refractivity contribution in [1.82, 2.24) is 24.1 Å². The number of hydrogen-bond acceptors (Lipinski definition) is 6. The molecule has 29 heavy (non-hydrogen) atoms. The fourth-order valence-corrected chi connectivity index (χ4v) is 2.90. The van der Waals surface area contributed by atoms with Crippen LogP contribution in [0.2, 0.25) is 0 Å². The molecule has 3 N–H and O–H groups in total. The molecular weight excluding hydrogens is 377 g/mol. The molecule has 0 amide bonds. The number of carbonyl (C=O) groups excluding carboxylic acids is 1. The van der Waals surface area contributed by atoms with E-state index in [4.69, 9.17) is 5.73 Å². The molecule has 0 aliphatic carbocycles. The zero-order valence-corrected chi connectivity index (χ0v) is 16.1. The molecule has 3 aromatic rings. The number of nitrogens with one attached hydrogen (secondary N) is 1. The number of ketones is 1. The van der Waals surface area contributed by atoms with E-state index in [-0.39, 0.29) is 48.8 Å². The largest absolute Gasteiger partial charge is 0.369 e. The summed E-state index contributed by atoms with van der Waals surface area (Å²) in [6, 6.07) is 0.310. The number of H-pyrrole nitrogens is 1. The van der Waals surface area contributed by atoms with Gasteiger partial charge in [-0.2, -0.15) is 4.98 Å². The summed E-state index contributed by atoms with van der Waals surface area (Å²) in [5.74, 6) is -0.0823. The minimum Gasteiger partial charge on any atom is -0.369 e. The first kappa shape index (κ1) is 22.0. The van der Waals surface area contributed by atoms with E-state index in [0.29, 0.717) is 17.0 Å². The highest BCUT2D eigenvalue weighted by Gasteiger charge is 2.24. The van der Waals surface area contributed by atoms with Crippen LogP contribution in [-0.2, 0) is 0 Å². The first-order valence-corrected chi connectivity index (χ1v) is 8.89. The number of nitrogen functional groups attached to an aromatic ring is 1. The summed E-state index contributed by atoms with van der Waals surface area (Å²) >= 11 is 0. The molecule has 0 atom stereocenters. The van der Waals surface area contributed by atoms with Crippen molar-refractivity contribution in [3.05, 3.63) is 34.3 Å². The van der Waals surface area contributed by atoms with Gasteiger partial charge in [0.15, 0.2) is 22.8 Å². The lowest BCUT2D eigenvalue weighted by Gasteiger charge is -2.11. The lowest BCUT2D eigenvalue weighted by Crippen LogP contribution is -2.12. The van der Waals surface area contributed by atoms with Gasteiger partial charge in [-0.3, -0.25) is 14.6 Å². The van der Waals surface area contributed by atoms with E-state index in [1.165, 1.54) is 12.4 Å². The number of Topliss-reactive ketones (excluding diaryl/α,β-unsaturated/α-hetero) is 1. The van der Waals surface area contributed by atoms with E-state index < -0.39 is 5.82 Å². The third-order valence-corrected chi connectivity index (χ3v) is 4.29. The number of halogens is 1. The maximum absolute atomic E-state index is 13.4. The summed E-state index contributed by atoms with van der Waals surface area (Å²) < 4.78 is 16.9. The first-order chi connectivity index (χ1) is 13.2. The number of fused-ring (bicyclic) bond motifs is 2. The summed E-state index contributed by atoms with van der Waals surface area (Å²) in [4.78, 5) is 37.3. The van der Waals surface area contributed by atoms with Crippen LogP contribution in [0.1, 0.15) is 64.0 Å². The molecule has 4 rings (SSSR count). The van der Waals surface area contributed by atoms with Gasteiger partial charge >= 0.3 is 0 Å². The highest BCUT2D eigenvalue weighted by atomic mass is 19.1. The van der Waals surface area contributed by atoms with Gasteiger partial charge in [0.1, 0.15) is 5.82 Å². The SMILES string of the molecule is C.CC(C)n1cc(F)c2c1N=CCC2=O.CC(C)n1cnc2c(=O)[nH]c(N)nc21. The Kier molecular flexibility index (Phi) is 6.35. The number of aromatic nitrogens is 5. The summed E-state index contributed by atoms with van der Waals surface area (Å²) in [6.07, 6.45) is 4.67. The van der Waals surface area contributed by atoms with Gasteiger partial charge < -0.3 is 14.9 Å². The lowest BCUT2D eigenvalue weighted by atomic mass is 10.1. The molecule has 1 aliphatic rings. The Hall–Kier alpha value is -3.30. The summed E-state index contributed by atoms with van der Waals surface area (Å²) in [5, 5.41) is 0. The number of aliphatic imine (C=N–C) groups is 1. The average Bonchev–Trinajstić information content (AvgIpc) is 3.18. The van der Waals surface area contributed by atoms with Crippen LogP contribution >= 0.6 is 0 Å². The van der Waals surface area contributed by atoms with Crippen molar-refractivity contribution >= 4 is 34.9 Å². The second kappa shape index (κ2) is 8.38. The fourth-order valence-electron chi connectivity index (χ4n) is 2.90. The third kappa shape index (κ3) is 4.10. The molecule has 0 bridgehead atoms. The topological polar surface area (TPSA) is 124 Å². The smallest absolute Gasteiger partial charge is 0.280 e. The second-order valence-electron chi connectivity index (χ2n) is 6.98. The van der Waals surface area contributed by atoms with Gasteiger partial charge in [0.25, 0.3) is 5.56 Å². The third-order valence-electron chi connectivity index (χ3n) is 4.29. The summed E-state index contributed by atoms with van der Waals surface area (Å²) in [6.45, 7) is 7.82. The van der Waals surface area contributed by atoms with Crippen LogP contribution in [0.15, 0.2) is 22.3 Å². The predicted octanol–water partition coefficient (Wildman–Crippen LogP) is 3.42. The van der Waals surface area contributed by atoms with Crippen molar-refractivity contribution in [2.24, 2.45) is 4.99 Å². The molecule has 0 radical (unpaired) electrons. The van der Waals surface area contributed by atoms with Gasteiger partial charge in [-0.25, -0.2) is 14.4 Å². The summed E-state index contributed by atoms with van der Waals surface area (Å²) in [5.41, 5.74) is 6.14. The Balaban J connectivity index is 0.000000200. The number of nitrogens with zero attached hydrogens (tertiary/aromatic N) is 5. The van der Waals surface area contributed by atoms with Crippen molar-refractivity contribution in [2.75, 3.05) is 5.73 Å². The molecule has 10 heteroatoms. The molecule has 0 fully saturated rings. The average molecular weight is 403 g/mol. The maximum atomic E-state index is 13.4. The lowest BCUT2D eigenvalue weighted by molar-refractivity contribution is 0.0997. The van der Waals surface area contributed by atoms with Crippen LogP contribution < -0.4 is 11.3 Å². The molecule has 0 spiro atoms. The van der Waals surface area contributed by atoms with E-state index in [2.05, 4.69) is 19.9 Å². The maximum Gasteiger partial charge on any atom is 0.280 e. The van der Waals surface area contributed by atoms with Crippen LogP contribution in [0.3, 0.4) is 0 Å². The van der Waals surface area contributed by atoms with Crippen molar-refractivity contribution < 1.29 is 9.18 Å². The van der Waals surface area contributed by atoms with Crippen molar-refractivity contribution in [3.63, 3.8) is 0 Å². The molecule has 156 valence electrons. The van der Waals surface area contributed by atoms with Crippen molar-refractivity contribution in [3.8, 4) is 0 Å². The Morgan fingerprint density at radius 2 is 1.83 bits per heavy atom. The highest BCUT2D eigenvalue weighted by molar-refractivity contribution is 6.09. The number of carbonyl (C=O) groups is 1.